The first kappa shape index (κ1) is 13.7. The minimum absolute atomic E-state index is 0.0289. The van der Waals surface area contributed by atoms with Gasteiger partial charge in [-0.1, -0.05) is 12.1 Å². The summed E-state index contributed by atoms with van der Waals surface area (Å²) < 4.78 is 1.81. The van der Waals surface area contributed by atoms with Crippen LogP contribution >= 0.6 is 0 Å². The highest BCUT2D eigenvalue weighted by Gasteiger charge is 2.38. The highest BCUT2D eigenvalue weighted by atomic mass is 16.2. The number of fused-ring (bicyclic) bond motifs is 1. The van der Waals surface area contributed by atoms with E-state index in [0.29, 0.717) is 0 Å². The summed E-state index contributed by atoms with van der Waals surface area (Å²) in [7, 11) is 0. The van der Waals surface area contributed by atoms with Gasteiger partial charge in [-0.25, -0.2) is 4.68 Å². The van der Waals surface area contributed by atoms with Crippen molar-refractivity contribution in [1.29, 1.82) is 0 Å². The van der Waals surface area contributed by atoms with Gasteiger partial charge in [-0.05, 0) is 37.6 Å². The molecule has 3 aromatic rings. The maximum atomic E-state index is 12.0. The Bertz CT molecular complexity index is 896. The number of carbonyl (C=O) groups excluding carboxylic acids is 1. The molecule has 1 aliphatic rings. The summed E-state index contributed by atoms with van der Waals surface area (Å²) in [6.45, 7) is 3.87. The number of hydrogen-bond acceptors (Lipinski definition) is 3. The number of benzene rings is 1. The van der Waals surface area contributed by atoms with Gasteiger partial charge in [0.1, 0.15) is 0 Å². The van der Waals surface area contributed by atoms with Gasteiger partial charge in [0.05, 0.1) is 17.3 Å². The van der Waals surface area contributed by atoms with Crippen LogP contribution in [0, 0.1) is 0 Å². The van der Waals surface area contributed by atoms with Crippen molar-refractivity contribution in [2.45, 2.75) is 19.3 Å². The Hall–Kier alpha value is -2.95. The molecule has 0 fully saturated rings. The maximum Gasteiger partial charge on any atom is 0.234 e. The zero-order valence-electron chi connectivity index (χ0n) is 12.9. The first-order valence-electron chi connectivity index (χ1n) is 7.47. The van der Waals surface area contributed by atoms with Crippen LogP contribution in [0.4, 0.5) is 5.69 Å². The fourth-order valence-electron chi connectivity index (χ4n) is 2.87. The number of hydrogen-bond donors (Lipinski definition) is 1. The third-order valence-corrected chi connectivity index (χ3v) is 4.33. The lowest BCUT2D eigenvalue weighted by atomic mass is 9.86. The van der Waals surface area contributed by atoms with Crippen LogP contribution in [0.5, 0.6) is 0 Å². The molecule has 1 aliphatic heterocycles. The quantitative estimate of drug-likeness (QED) is 0.791. The van der Waals surface area contributed by atoms with Gasteiger partial charge in [0, 0.05) is 35.4 Å². The standard InChI is InChI=1S/C18H16N4O/c1-18(2)15-6-5-14(8-16(15)21-17(18)23)22-11-13(10-20-22)12-4-3-7-19-9-12/h3-11H,1-2H3,(H,21,23). The van der Waals surface area contributed by atoms with E-state index in [2.05, 4.69) is 15.4 Å². The van der Waals surface area contributed by atoms with Crippen molar-refractivity contribution < 1.29 is 4.79 Å². The Balaban J connectivity index is 1.72. The lowest BCUT2D eigenvalue weighted by molar-refractivity contribution is -0.119. The Morgan fingerprint density at radius 3 is 2.78 bits per heavy atom. The summed E-state index contributed by atoms with van der Waals surface area (Å²) in [5.41, 5.74) is 4.33. The summed E-state index contributed by atoms with van der Waals surface area (Å²) in [6.07, 6.45) is 7.33. The van der Waals surface area contributed by atoms with Crippen molar-refractivity contribution in [2.24, 2.45) is 0 Å². The van der Waals surface area contributed by atoms with Crippen LogP contribution in [0.25, 0.3) is 16.8 Å². The summed E-state index contributed by atoms with van der Waals surface area (Å²) in [5, 5.41) is 7.37. The Morgan fingerprint density at radius 2 is 2.00 bits per heavy atom. The predicted molar refractivity (Wildman–Crippen MR) is 88.5 cm³/mol. The van der Waals surface area contributed by atoms with Crippen LogP contribution in [-0.4, -0.2) is 20.7 Å². The third kappa shape index (κ3) is 2.12. The number of nitrogens with one attached hydrogen (secondary N) is 1. The van der Waals surface area contributed by atoms with Gasteiger partial charge in [0.2, 0.25) is 5.91 Å². The van der Waals surface area contributed by atoms with E-state index in [1.807, 2.05) is 62.8 Å². The number of carbonyl (C=O) groups is 1. The largest absolute Gasteiger partial charge is 0.325 e. The maximum absolute atomic E-state index is 12.0. The number of amides is 1. The average Bonchev–Trinajstić information content (AvgIpc) is 3.12. The molecule has 114 valence electrons. The second-order valence-electron chi connectivity index (χ2n) is 6.22. The molecule has 2 aromatic heterocycles. The summed E-state index contributed by atoms with van der Waals surface area (Å²) in [5.74, 6) is 0.0289. The molecule has 0 unspecified atom stereocenters. The molecule has 5 heteroatoms. The number of anilines is 1. The first-order chi connectivity index (χ1) is 11.1. The smallest absolute Gasteiger partial charge is 0.234 e. The Kier molecular flexibility index (Phi) is 2.84. The molecule has 23 heavy (non-hydrogen) atoms. The topological polar surface area (TPSA) is 59.8 Å². The molecule has 1 N–H and O–H groups in total. The molecule has 0 spiro atoms. The van der Waals surface area contributed by atoms with E-state index in [-0.39, 0.29) is 5.91 Å². The molecule has 0 bridgehead atoms. The summed E-state index contributed by atoms with van der Waals surface area (Å²) >= 11 is 0. The minimum atomic E-state index is -0.487. The van der Waals surface area contributed by atoms with Gasteiger partial charge in [-0.3, -0.25) is 9.78 Å². The van der Waals surface area contributed by atoms with Crippen LogP contribution in [0.2, 0.25) is 0 Å². The molecule has 3 heterocycles. The third-order valence-electron chi connectivity index (χ3n) is 4.33. The molecule has 1 aromatic carbocycles. The van der Waals surface area contributed by atoms with Crippen LogP contribution in [0.3, 0.4) is 0 Å². The molecule has 0 radical (unpaired) electrons. The van der Waals surface area contributed by atoms with Crippen LogP contribution in [-0.2, 0) is 10.2 Å². The Labute approximate surface area is 134 Å². The lowest BCUT2D eigenvalue weighted by Crippen LogP contribution is -2.26. The summed E-state index contributed by atoms with van der Waals surface area (Å²) in [4.78, 5) is 16.2. The van der Waals surface area contributed by atoms with Gasteiger partial charge in [0.25, 0.3) is 0 Å². The van der Waals surface area contributed by atoms with Gasteiger partial charge >= 0.3 is 0 Å². The van der Waals surface area contributed by atoms with Crippen molar-refractivity contribution in [1.82, 2.24) is 14.8 Å². The van der Waals surface area contributed by atoms with E-state index < -0.39 is 5.41 Å². The predicted octanol–water partition coefficient (Wildman–Crippen LogP) is 3.16. The molecular weight excluding hydrogens is 288 g/mol. The number of nitrogens with zero attached hydrogens (tertiary/aromatic N) is 3. The molecule has 5 nitrogen and oxygen atoms in total. The monoisotopic (exact) mass is 304 g/mol. The van der Waals surface area contributed by atoms with E-state index in [9.17, 15) is 4.79 Å². The van der Waals surface area contributed by atoms with Gasteiger partial charge in [0.15, 0.2) is 0 Å². The first-order valence-corrected chi connectivity index (χ1v) is 7.47. The Morgan fingerprint density at radius 1 is 1.13 bits per heavy atom. The highest BCUT2D eigenvalue weighted by Crippen LogP contribution is 2.38. The molecule has 0 saturated carbocycles. The lowest BCUT2D eigenvalue weighted by Gasteiger charge is -2.14. The number of rotatable bonds is 2. The van der Waals surface area contributed by atoms with Crippen molar-refractivity contribution in [3.8, 4) is 16.8 Å². The summed E-state index contributed by atoms with van der Waals surface area (Å²) in [6, 6.07) is 9.84. The van der Waals surface area contributed by atoms with E-state index >= 15 is 0 Å². The van der Waals surface area contributed by atoms with Crippen molar-refractivity contribution in [2.75, 3.05) is 5.32 Å². The van der Waals surface area contributed by atoms with Gasteiger partial charge in [-0.15, -0.1) is 0 Å². The highest BCUT2D eigenvalue weighted by molar-refractivity contribution is 6.05. The average molecular weight is 304 g/mol. The zero-order chi connectivity index (χ0) is 16.0. The second-order valence-corrected chi connectivity index (χ2v) is 6.22. The van der Waals surface area contributed by atoms with Crippen LogP contribution in [0.15, 0.2) is 55.1 Å². The SMILES string of the molecule is CC1(C)C(=O)Nc2cc(-n3cc(-c4cccnc4)cn3)ccc21. The zero-order valence-corrected chi connectivity index (χ0v) is 12.9. The van der Waals surface area contributed by atoms with E-state index in [1.165, 1.54) is 0 Å². The van der Waals surface area contributed by atoms with Gasteiger partial charge < -0.3 is 5.32 Å². The van der Waals surface area contributed by atoms with Gasteiger partial charge in [-0.2, -0.15) is 5.10 Å². The van der Waals surface area contributed by atoms with Crippen LogP contribution in [0.1, 0.15) is 19.4 Å². The fraction of sp³-hybridized carbons (Fsp3) is 0.167. The molecule has 0 saturated heterocycles. The minimum Gasteiger partial charge on any atom is -0.325 e. The van der Waals surface area contributed by atoms with Crippen molar-refractivity contribution in [3.05, 3.63) is 60.7 Å². The van der Waals surface area contributed by atoms with Crippen molar-refractivity contribution >= 4 is 11.6 Å². The molecule has 4 rings (SSSR count). The van der Waals surface area contributed by atoms with E-state index in [0.717, 1.165) is 28.1 Å². The number of aromatic nitrogens is 3. The van der Waals surface area contributed by atoms with Crippen molar-refractivity contribution in [3.63, 3.8) is 0 Å². The molecular formula is C18H16N4O. The van der Waals surface area contributed by atoms with E-state index in [1.54, 1.807) is 10.9 Å². The normalized spacial score (nSPS) is 15.3. The van der Waals surface area contributed by atoms with E-state index in [4.69, 9.17) is 0 Å². The molecule has 0 atom stereocenters. The fourth-order valence-corrected chi connectivity index (χ4v) is 2.87. The molecule has 1 amide bonds. The van der Waals surface area contributed by atoms with Crippen LogP contribution < -0.4 is 5.32 Å². The second kappa shape index (κ2) is 4.78. The number of pyridine rings is 1. The molecule has 0 aliphatic carbocycles.